The molecule has 0 saturated heterocycles. The molecule has 0 saturated carbocycles. The molecule has 6 nitrogen and oxygen atoms in total. The van der Waals surface area contributed by atoms with Crippen LogP contribution in [0.2, 0.25) is 0 Å². The van der Waals surface area contributed by atoms with E-state index in [1.54, 1.807) is 0 Å². The van der Waals surface area contributed by atoms with Crippen LogP contribution in [-0.4, -0.2) is 52.9 Å². The van der Waals surface area contributed by atoms with Gasteiger partial charge in [0.25, 0.3) is 0 Å². The molecule has 0 radical (unpaired) electrons. The third-order valence-corrected chi connectivity index (χ3v) is 3.62. The number of guanidine groups is 1. The molecule has 146 valence electrons. The molecule has 0 spiro atoms. The van der Waals surface area contributed by atoms with Gasteiger partial charge in [-0.3, -0.25) is 9.67 Å². The number of nitrogens with one attached hydrogen (secondary N) is 2. The Kier molecular flexibility index (Phi) is 10.6. The van der Waals surface area contributed by atoms with Crippen LogP contribution >= 0.6 is 24.0 Å². The van der Waals surface area contributed by atoms with Crippen molar-refractivity contribution in [2.75, 3.05) is 26.7 Å². The van der Waals surface area contributed by atoms with Crippen molar-refractivity contribution in [3.05, 3.63) is 17.5 Å². The minimum absolute atomic E-state index is 0. The molecule has 0 aliphatic rings. The summed E-state index contributed by atoms with van der Waals surface area (Å²) >= 11 is 0. The van der Waals surface area contributed by atoms with Crippen molar-refractivity contribution < 1.29 is 0 Å². The van der Waals surface area contributed by atoms with Gasteiger partial charge in [0.15, 0.2) is 5.96 Å². The van der Waals surface area contributed by atoms with E-state index < -0.39 is 0 Å². The quantitative estimate of drug-likeness (QED) is 0.282. The molecule has 0 aromatic carbocycles. The van der Waals surface area contributed by atoms with Crippen molar-refractivity contribution in [3.8, 4) is 0 Å². The summed E-state index contributed by atoms with van der Waals surface area (Å²) in [6.45, 7) is 16.3. The monoisotopic (exact) mass is 464 g/mol. The third kappa shape index (κ3) is 8.89. The van der Waals surface area contributed by atoms with Crippen LogP contribution in [0, 0.1) is 0 Å². The SMILES string of the molecule is CCNC(=NCCNC(C)(C)C)N(C)Cc1cn(C)nc1C(C)C.I. The standard InChI is InChI=1S/C18H36N6.HI/c1-9-19-17(20-10-11-21-18(4,5)6)23(7)12-15-13-24(8)22-16(15)14(2)3;/h13-14,21H,9-12H2,1-8H3,(H,19,20);1H. The topological polar surface area (TPSA) is 57.5 Å². The predicted molar refractivity (Wildman–Crippen MR) is 118 cm³/mol. The Morgan fingerprint density at radius 2 is 2.00 bits per heavy atom. The van der Waals surface area contributed by atoms with Crippen molar-refractivity contribution in [3.63, 3.8) is 0 Å². The van der Waals surface area contributed by atoms with Crippen molar-refractivity contribution in [1.29, 1.82) is 0 Å². The maximum atomic E-state index is 4.74. The van der Waals surface area contributed by atoms with Crippen LogP contribution in [0.3, 0.4) is 0 Å². The first-order valence-electron chi connectivity index (χ1n) is 8.91. The van der Waals surface area contributed by atoms with Gasteiger partial charge in [-0.15, -0.1) is 24.0 Å². The lowest BCUT2D eigenvalue weighted by Crippen LogP contribution is -2.40. The van der Waals surface area contributed by atoms with Crippen molar-refractivity contribution in [2.45, 2.75) is 59.5 Å². The number of rotatable bonds is 7. The second-order valence-corrected chi connectivity index (χ2v) is 7.64. The zero-order chi connectivity index (χ0) is 18.3. The smallest absolute Gasteiger partial charge is 0.194 e. The van der Waals surface area contributed by atoms with Gasteiger partial charge in [-0.1, -0.05) is 13.8 Å². The van der Waals surface area contributed by atoms with E-state index in [4.69, 9.17) is 4.99 Å². The molecule has 0 unspecified atom stereocenters. The van der Waals surface area contributed by atoms with E-state index in [0.717, 1.165) is 37.8 Å². The molecule has 1 aromatic heterocycles. The predicted octanol–water partition coefficient (Wildman–Crippen LogP) is 2.95. The van der Waals surface area contributed by atoms with Gasteiger partial charge in [-0.25, -0.2) is 0 Å². The van der Waals surface area contributed by atoms with Crippen LogP contribution in [0.1, 0.15) is 58.7 Å². The summed E-state index contributed by atoms with van der Waals surface area (Å²) in [7, 11) is 4.06. The number of hydrogen-bond acceptors (Lipinski definition) is 3. The van der Waals surface area contributed by atoms with Crippen LogP contribution in [0.4, 0.5) is 0 Å². The molecule has 1 aromatic rings. The van der Waals surface area contributed by atoms with Crippen LogP contribution in [0.25, 0.3) is 0 Å². The first-order chi connectivity index (χ1) is 11.1. The molecule has 1 heterocycles. The highest BCUT2D eigenvalue weighted by atomic mass is 127. The third-order valence-electron chi connectivity index (χ3n) is 3.62. The van der Waals surface area contributed by atoms with Crippen LogP contribution in [0.15, 0.2) is 11.2 Å². The highest BCUT2D eigenvalue weighted by Gasteiger charge is 2.15. The molecule has 0 atom stereocenters. The molecule has 0 bridgehead atoms. The van der Waals surface area contributed by atoms with Gasteiger partial charge < -0.3 is 15.5 Å². The fourth-order valence-corrected chi connectivity index (χ4v) is 2.56. The lowest BCUT2D eigenvalue weighted by molar-refractivity contribution is 0.429. The van der Waals surface area contributed by atoms with Crippen LogP contribution < -0.4 is 10.6 Å². The number of aromatic nitrogens is 2. The minimum Gasteiger partial charge on any atom is -0.357 e. The molecule has 7 heteroatoms. The second-order valence-electron chi connectivity index (χ2n) is 7.64. The Morgan fingerprint density at radius 1 is 1.36 bits per heavy atom. The molecule has 0 aliphatic carbocycles. The van der Waals surface area contributed by atoms with Crippen molar-refractivity contribution in [2.24, 2.45) is 12.0 Å². The van der Waals surface area contributed by atoms with E-state index in [0.29, 0.717) is 5.92 Å². The van der Waals surface area contributed by atoms with E-state index in [-0.39, 0.29) is 29.5 Å². The maximum Gasteiger partial charge on any atom is 0.194 e. The highest BCUT2D eigenvalue weighted by molar-refractivity contribution is 14.0. The number of nitrogens with zero attached hydrogens (tertiary/aromatic N) is 4. The number of halogens is 1. The van der Waals surface area contributed by atoms with Gasteiger partial charge in [-0.2, -0.15) is 5.10 Å². The Hall–Kier alpha value is -0.830. The lowest BCUT2D eigenvalue weighted by atomic mass is 10.1. The second kappa shape index (κ2) is 11.0. The van der Waals surface area contributed by atoms with E-state index >= 15 is 0 Å². The van der Waals surface area contributed by atoms with Gasteiger partial charge in [0.1, 0.15) is 0 Å². The Bertz CT molecular complexity index is 530. The summed E-state index contributed by atoms with van der Waals surface area (Å²) in [5.41, 5.74) is 2.55. The largest absolute Gasteiger partial charge is 0.357 e. The summed E-state index contributed by atoms with van der Waals surface area (Å²) in [6.07, 6.45) is 2.11. The molecule has 0 fully saturated rings. The number of aliphatic imine (C=N–C) groups is 1. The van der Waals surface area contributed by atoms with Crippen molar-refractivity contribution >= 4 is 29.9 Å². The van der Waals surface area contributed by atoms with Crippen LogP contribution in [-0.2, 0) is 13.6 Å². The Morgan fingerprint density at radius 3 is 2.52 bits per heavy atom. The van der Waals surface area contributed by atoms with E-state index in [1.165, 1.54) is 5.56 Å². The summed E-state index contributed by atoms with van der Waals surface area (Å²) in [5, 5.41) is 11.4. The summed E-state index contributed by atoms with van der Waals surface area (Å²) in [6, 6.07) is 0. The normalized spacial score (nSPS) is 12.3. The molecule has 2 N–H and O–H groups in total. The maximum absolute atomic E-state index is 4.74. The van der Waals surface area contributed by atoms with Gasteiger partial charge in [0.2, 0.25) is 0 Å². The van der Waals surface area contributed by atoms with E-state index in [9.17, 15) is 0 Å². The zero-order valence-electron chi connectivity index (χ0n) is 17.2. The zero-order valence-corrected chi connectivity index (χ0v) is 19.5. The van der Waals surface area contributed by atoms with E-state index in [1.807, 2.05) is 11.7 Å². The highest BCUT2D eigenvalue weighted by Crippen LogP contribution is 2.18. The minimum atomic E-state index is 0. The fourth-order valence-electron chi connectivity index (χ4n) is 2.56. The summed E-state index contributed by atoms with van der Waals surface area (Å²) in [5.74, 6) is 1.36. The van der Waals surface area contributed by atoms with Gasteiger partial charge in [0.05, 0.1) is 12.2 Å². The molecule has 25 heavy (non-hydrogen) atoms. The molecular weight excluding hydrogens is 427 g/mol. The average molecular weight is 464 g/mol. The first-order valence-corrected chi connectivity index (χ1v) is 8.91. The molecular formula is C18H37IN6. The number of aryl methyl sites for hydroxylation is 1. The van der Waals surface area contributed by atoms with Gasteiger partial charge in [0, 0.05) is 51.0 Å². The Balaban J connectivity index is 0.00000576. The molecule has 0 aliphatic heterocycles. The summed E-state index contributed by atoms with van der Waals surface area (Å²) in [4.78, 5) is 6.91. The first kappa shape index (κ1) is 24.2. The molecule has 1 rings (SSSR count). The van der Waals surface area contributed by atoms with Gasteiger partial charge >= 0.3 is 0 Å². The van der Waals surface area contributed by atoms with Crippen molar-refractivity contribution in [1.82, 2.24) is 25.3 Å². The average Bonchev–Trinajstić information content (AvgIpc) is 2.82. The van der Waals surface area contributed by atoms with E-state index in [2.05, 4.69) is 75.4 Å². The Labute approximate surface area is 170 Å². The summed E-state index contributed by atoms with van der Waals surface area (Å²) < 4.78 is 1.90. The van der Waals surface area contributed by atoms with Crippen LogP contribution in [0.5, 0.6) is 0 Å². The number of hydrogen-bond donors (Lipinski definition) is 2. The fraction of sp³-hybridized carbons (Fsp3) is 0.778. The lowest BCUT2D eigenvalue weighted by Gasteiger charge is -2.23. The van der Waals surface area contributed by atoms with Gasteiger partial charge in [-0.05, 0) is 33.6 Å². The molecule has 0 amide bonds.